The van der Waals surface area contributed by atoms with Gasteiger partial charge in [0.25, 0.3) is 0 Å². The number of rotatable bonds is 5. The highest BCUT2D eigenvalue weighted by molar-refractivity contribution is 9.10. The van der Waals surface area contributed by atoms with Gasteiger partial charge >= 0.3 is 0 Å². The summed E-state index contributed by atoms with van der Waals surface area (Å²) in [5.74, 6) is 3.61. The Morgan fingerprint density at radius 2 is 0.687 bits per heavy atom. The maximum atomic E-state index is 6.82. The third kappa shape index (κ3) is 9.66. The molecule has 0 amide bonds. The van der Waals surface area contributed by atoms with Crippen LogP contribution in [0.25, 0.3) is 128 Å². The topological polar surface area (TPSA) is 60.0 Å². The molecule has 6 nitrogen and oxygen atoms in total. The van der Waals surface area contributed by atoms with E-state index in [1.54, 1.807) is 0 Å². The minimum atomic E-state index is -0.628. The van der Waals surface area contributed by atoms with Gasteiger partial charge in [-0.15, -0.1) is 22.7 Å². The molecule has 6 heterocycles. The molecule has 0 unspecified atom stereocenters. The van der Waals surface area contributed by atoms with Gasteiger partial charge in [0.05, 0.1) is 43.0 Å². The number of halogens is 1. The Morgan fingerprint density at radius 1 is 0.278 bits per heavy atom. The number of furan rings is 2. The van der Waals surface area contributed by atoms with Crippen LogP contribution in [0.1, 0.15) is 44.5 Å². The zero-order chi connectivity index (χ0) is 75.6. The van der Waals surface area contributed by atoms with E-state index in [0.29, 0.717) is 0 Å². The van der Waals surface area contributed by atoms with Crippen molar-refractivity contribution in [2.45, 2.75) is 10.8 Å². The van der Waals surface area contributed by atoms with E-state index in [-0.39, 0.29) is 0 Å². The van der Waals surface area contributed by atoms with Crippen LogP contribution in [0.3, 0.4) is 0 Å². The summed E-state index contributed by atoms with van der Waals surface area (Å²) in [6.07, 6.45) is 0. The van der Waals surface area contributed by atoms with Crippen LogP contribution in [0.4, 0.5) is 28.4 Å². The van der Waals surface area contributed by atoms with Crippen molar-refractivity contribution in [1.29, 1.82) is 0 Å². The highest BCUT2D eigenvalue weighted by atomic mass is 79.9. The molecule has 22 aromatic rings. The second kappa shape index (κ2) is 25.6. The average Bonchev–Trinajstić information content (AvgIpc) is 1.60. The quantitative estimate of drug-likeness (QED) is 0.185. The SMILES string of the molecule is Brc1ccc2c(c1)C1(c3ccccc3Oc3ccccc31)c1ccc3ccccc3c1-2.c1ccc2c(c1)Oc1ccccc1C21c2cc(N(c3cccc4c3oc3ccccc34)c3cccc4c3sc3ccccc34)ccc2-c2c1ccc1ccccc21.c1ccc2c(c1)oc1c(Nc3cccc4c3sc3ccccc34)cccc12. The average molecular weight is 1570 g/mol. The summed E-state index contributed by atoms with van der Waals surface area (Å²) in [6.45, 7) is 0. The predicted molar refractivity (Wildman–Crippen MR) is 482 cm³/mol. The Kier molecular flexibility index (Phi) is 14.7. The Bertz CT molecular complexity index is 7540. The molecule has 0 saturated carbocycles. The number of nitrogens with one attached hydrogen (secondary N) is 1. The van der Waals surface area contributed by atoms with Crippen molar-refractivity contribution in [3.63, 3.8) is 0 Å². The zero-order valence-corrected chi connectivity index (χ0v) is 64.8. The van der Waals surface area contributed by atoms with Crippen molar-refractivity contribution in [1.82, 2.24) is 0 Å². The molecule has 9 heteroatoms. The van der Waals surface area contributed by atoms with Crippen molar-refractivity contribution in [3.8, 4) is 45.3 Å². The molecule has 18 aromatic carbocycles. The summed E-state index contributed by atoms with van der Waals surface area (Å²) in [6, 6.07) is 135. The van der Waals surface area contributed by atoms with E-state index in [0.717, 1.165) is 111 Å². The van der Waals surface area contributed by atoms with Crippen LogP contribution in [0, 0.1) is 0 Å². The standard InChI is InChI=1S/C53H31NO2S.C29H17BrO.C24H15NOS/c1-2-14-34-32(13-1)27-30-42-50(34)39-29-28-33(31-43(39)53(42)40-19-5-8-24-47(40)55-48-25-9-6-20-41(48)53)54(44-21-11-17-37-35-15-3-7-23-46(35)56-51(37)44)45-22-12-18-38-36-16-4-10-26-49(36)57-52(38)45;30-19-14-15-21-25(17-19)29(24-16-13-18-7-1-2-8-20(18)28(21)24)22-9-3-5-11-26(22)31-27-12-6-4-10-23(27)29;1-3-13-21-15(7-1)17-9-5-11-19(23(17)26-21)25-20-12-6-10-18-16-8-2-4-14-22(16)27-24(18)20/h1-31H;1-17H;1-14,25H. The Labute approximate surface area is 677 Å². The molecule has 0 bridgehead atoms. The fourth-order valence-electron chi connectivity index (χ4n) is 19.5. The summed E-state index contributed by atoms with van der Waals surface area (Å²) in [7, 11) is 0. The van der Waals surface area contributed by atoms with Gasteiger partial charge in [-0.25, -0.2) is 0 Å². The smallest absolute Gasteiger partial charge is 0.159 e. The number of fused-ring (bicyclic) bond motifs is 34. The summed E-state index contributed by atoms with van der Waals surface area (Å²) >= 11 is 7.43. The lowest BCUT2D eigenvalue weighted by Gasteiger charge is -2.39. The first-order valence-electron chi connectivity index (χ1n) is 38.9. The molecular weight excluding hydrogens is 1510 g/mol. The lowest BCUT2D eigenvalue weighted by atomic mass is 9.66. The minimum absolute atomic E-state index is 0.413. The minimum Gasteiger partial charge on any atom is -0.457 e. The molecule has 0 fully saturated rings. The van der Waals surface area contributed by atoms with Gasteiger partial charge in [0.1, 0.15) is 34.2 Å². The summed E-state index contributed by atoms with van der Waals surface area (Å²) < 4.78 is 32.3. The van der Waals surface area contributed by atoms with Gasteiger partial charge in [-0.2, -0.15) is 0 Å². The van der Waals surface area contributed by atoms with Gasteiger partial charge in [-0.05, 0) is 163 Å². The Morgan fingerprint density at radius 3 is 1.25 bits per heavy atom. The Hall–Kier alpha value is -13.8. The van der Waals surface area contributed by atoms with Crippen molar-refractivity contribution in [2.24, 2.45) is 0 Å². The number of thiophene rings is 2. The number of nitrogens with zero attached hydrogens (tertiary/aromatic N) is 1. The van der Waals surface area contributed by atoms with E-state index in [1.165, 1.54) is 118 Å². The highest BCUT2D eigenvalue weighted by Crippen LogP contribution is 2.66. The third-order valence-corrected chi connectivity index (χ3v) is 27.1. The molecule has 26 rings (SSSR count). The molecule has 0 atom stereocenters. The van der Waals surface area contributed by atoms with Crippen LogP contribution >= 0.6 is 38.6 Å². The van der Waals surface area contributed by atoms with Crippen LogP contribution in [0.15, 0.2) is 389 Å². The van der Waals surface area contributed by atoms with Gasteiger partial charge in [0.15, 0.2) is 11.2 Å². The molecule has 2 aliphatic heterocycles. The Balaban J connectivity index is 0.000000110. The van der Waals surface area contributed by atoms with Gasteiger partial charge < -0.3 is 28.5 Å². The molecule has 540 valence electrons. The molecule has 0 radical (unpaired) electrons. The van der Waals surface area contributed by atoms with E-state index in [9.17, 15) is 0 Å². The van der Waals surface area contributed by atoms with E-state index in [4.69, 9.17) is 18.3 Å². The lowest BCUT2D eigenvalue weighted by molar-refractivity contribution is 0.436. The maximum Gasteiger partial charge on any atom is 0.159 e. The van der Waals surface area contributed by atoms with E-state index in [2.05, 4.69) is 384 Å². The maximum absolute atomic E-state index is 6.82. The van der Waals surface area contributed by atoms with Gasteiger partial charge in [0.2, 0.25) is 0 Å². The fourth-order valence-corrected chi connectivity index (χ4v) is 22.2. The van der Waals surface area contributed by atoms with Crippen LogP contribution in [0.5, 0.6) is 23.0 Å². The molecule has 4 aliphatic rings. The van der Waals surface area contributed by atoms with Crippen LogP contribution < -0.4 is 19.7 Å². The van der Waals surface area contributed by atoms with Crippen molar-refractivity contribution in [3.05, 3.63) is 425 Å². The first-order valence-corrected chi connectivity index (χ1v) is 41.3. The highest BCUT2D eigenvalue weighted by Gasteiger charge is 2.53. The summed E-state index contributed by atoms with van der Waals surface area (Å²) in [5.41, 5.74) is 22.7. The normalized spacial score (nSPS) is 13.4. The number of benzene rings is 18. The zero-order valence-electron chi connectivity index (χ0n) is 61.6. The molecule has 115 heavy (non-hydrogen) atoms. The van der Waals surface area contributed by atoms with Crippen LogP contribution in [-0.4, -0.2) is 0 Å². The second-order valence-electron chi connectivity index (χ2n) is 30.1. The largest absolute Gasteiger partial charge is 0.457 e. The molecular formula is C106H63BrN2O4S2. The number of hydrogen-bond donors (Lipinski definition) is 1. The molecule has 4 aromatic heterocycles. The van der Waals surface area contributed by atoms with E-state index >= 15 is 0 Å². The third-order valence-electron chi connectivity index (χ3n) is 24.2. The first-order chi connectivity index (χ1) is 56.9. The van der Waals surface area contributed by atoms with Crippen LogP contribution in [0.2, 0.25) is 0 Å². The lowest BCUT2D eigenvalue weighted by Crippen LogP contribution is -2.32. The molecule has 2 aliphatic carbocycles. The first kappa shape index (κ1) is 65.9. The van der Waals surface area contributed by atoms with Gasteiger partial charge in [-0.3, -0.25) is 0 Å². The van der Waals surface area contributed by atoms with Gasteiger partial charge in [-0.1, -0.05) is 295 Å². The van der Waals surface area contributed by atoms with E-state index < -0.39 is 10.8 Å². The predicted octanol–water partition coefficient (Wildman–Crippen LogP) is 30.8. The number of para-hydroxylation sites is 8. The second-order valence-corrected chi connectivity index (χ2v) is 33.1. The van der Waals surface area contributed by atoms with Crippen molar-refractivity contribution < 1.29 is 18.3 Å². The monoisotopic (exact) mass is 1570 g/mol. The number of anilines is 5. The van der Waals surface area contributed by atoms with Gasteiger partial charge in [0, 0.05) is 84.9 Å². The van der Waals surface area contributed by atoms with Crippen molar-refractivity contribution >= 4 is 173 Å². The van der Waals surface area contributed by atoms with E-state index in [1.807, 2.05) is 40.9 Å². The summed E-state index contributed by atoms with van der Waals surface area (Å²) in [5, 5.41) is 18.3. The number of hydrogen-bond acceptors (Lipinski definition) is 8. The van der Waals surface area contributed by atoms with Crippen molar-refractivity contribution in [2.75, 3.05) is 10.2 Å². The molecule has 2 spiro atoms. The number of ether oxygens (including phenoxy) is 2. The fraction of sp³-hybridized carbons (Fsp3) is 0.0189. The molecule has 0 saturated heterocycles. The van der Waals surface area contributed by atoms with Crippen LogP contribution in [-0.2, 0) is 10.8 Å². The molecule has 1 N–H and O–H groups in total. The summed E-state index contributed by atoms with van der Waals surface area (Å²) in [4.78, 5) is 2.44.